The van der Waals surface area contributed by atoms with Gasteiger partial charge in [-0.05, 0) is 66.4 Å². The first-order valence-electron chi connectivity index (χ1n) is 12.0. The highest BCUT2D eigenvalue weighted by Crippen LogP contribution is 2.57. The Morgan fingerprint density at radius 2 is 1.81 bits per heavy atom. The molecule has 0 aliphatic heterocycles. The van der Waals surface area contributed by atoms with E-state index in [0.717, 1.165) is 36.3 Å². The average Bonchev–Trinajstić information content (AvgIpc) is 3.11. The number of alkyl halides is 6. The van der Waals surface area contributed by atoms with Gasteiger partial charge in [0.1, 0.15) is 0 Å². The van der Waals surface area contributed by atoms with Gasteiger partial charge in [-0.1, -0.05) is 55.7 Å². The Morgan fingerprint density at radius 3 is 2.42 bits per heavy atom. The molecule has 3 nitrogen and oxygen atoms in total. The van der Waals surface area contributed by atoms with Crippen molar-refractivity contribution in [3.05, 3.63) is 47.1 Å². The Kier molecular flexibility index (Phi) is 7.96. The minimum atomic E-state index is -5.96. The number of aliphatic hydroxyl groups is 3. The van der Waals surface area contributed by atoms with E-state index < -0.39 is 30.2 Å². The molecule has 2 saturated carbocycles. The second-order valence-electron chi connectivity index (χ2n) is 10.4. The van der Waals surface area contributed by atoms with E-state index >= 15 is 0 Å². The third-order valence-corrected chi connectivity index (χ3v) is 7.90. The molecule has 2 fully saturated rings. The molecule has 0 radical (unpaired) electrons. The van der Waals surface area contributed by atoms with Crippen LogP contribution in [-0.4, -0.2) is 45.5 Å². The fourth-order valence-electron chi connectivity index (χ4n) is 5.83. The van der Waals surface area contributed by atoms with Crippen LogP contribution in [0.5, 0.6) is 0 Å². The summed E-state index contributed by atoms with van der Waals surface area (Å²) in [5.74, 6) is 2.75. The van der Waals surface area contributed by atoms with Gasteiger partial charge in [0.25, 0.3) is 0 Å². The fourth-order valence-corrected chi connectivity index (χ4v) is 5.83. The summed E-state index contributed by atoms with van der Waals surface area (Å²) in [7, 11) is 0. The van der Waals surface area contributed by atoms with Gasteiger partial charge >= 0.3 is 18.0 Å². The van der Waals surface area contributed by atoms with E-state index in [9.17, 15) is 41.7 Å². The Bertz CT molecular complexity index is 1010. The highest BCUT2D eigenvalue weighted by Gasteiger charge is 2.70. The van der Waals surface area contributed by atoms with Crippen molar-refractivity contribution < 1.29 is 41.7 Å². The normalized spacial score (nSPS) is 32.7. The molecule has 0 heterocycles. The van der Waals surface area contributed by atoms with Crippen LogP contribution < -0.4 is 0 Å². The van der Waals surface area contributed by atoms with Crippen LogP contribution in [0.4, 0.5) is 26.3 Å². The molecule has 0 bridgehead atoms. The van der Waals surface area contributed by atoms with Gasteiger partial charge in [0.05, 0.1) is 12.2 Å². The van der Waals surface area contributed by atoms with Gasteiger partial charge < -0.3 is 15.3 Å². The molecule has 36 heavy (non-hydrogen) atoms. The van der Waals surface area contributed by atoms with Gasteiger partial charge in [0, 0.05) is 12.8 Å². The van der Waals surface area contributed by atoms with Crippen molar-refractivity contribution in [2.24, 2.45) is 17.3 Å². The van der Waals surface area contributed by atoms with E-state index in [4.69, 9.17) is 0 Å². The van der Waals surface area contributed by atoms with E-state index in [-0.39, 0.29) is 30.1 Å². The number of hydrogen-bond acceptors (Lipinski definition) is 3. The molecule has 3 rings (SSSR count). The van der Waals surface area contributed by atoms with Crippen molar-refractivity contribution in [3.63, 3.8) is 0 Å². The van der Waals surface area contributed by atoms with Gasteiger partial charge in [-0.25, -0.2) is 0 Å². The summed E-state index contributed by atoms with van der Waals surface area (Å²) in [6.07, 6.45) is -3.80. The summed E-state index contributed by atoms with van der Waals surface area (Å²) in [4.78, 5) is 0. The highest BCUT2D eigenvalue weighted by molar-refractivity contribution is 5.40. The first kappa shape index (κ1) is 28.5. The molecule has 3 aliphatic carbocycles. The van der Waals surface area contributed by atoms with Crippen LogP contribution in [0.2, 0.25) is 0 Å². The molecule has 3 N–H and O–H groups in total. The molecule has 0 aromatic rings. The molecular formula is C27H32F6O3. The van der Waals surface area contributed by atoms with Gasteiger partial charge in [-0.3, -0.25) is 0 Å². The largest absolute Gasteiger partial charge is 0.438 e. The molecule has 0 saturated heterocycles. The number of allylic oxidation sites excluding steroid dienone is 5. The van der Waals surface area contributed by atoms with E-state index in [1.807, 2.05) is 24.1 Å². The molecule has 9 heteroatoms. The summed E-state index contributed by atoms with van der Waals surface area (Å²) in [5, 5.41) is 29.3. The zero-order chi connectivity index (χ0) is 27.1. The summed E-state index contributed by atoms with van der Waals surface area (Å²) in [5.41, 5.74) is -1.86. The number of fused-ring (bicyclic) bond motifs is 1. The Morgan fingerprint density at radius 1 is 1.17 bits per heavy atom. The molecule has 0 aromatic heterocycles. The van der Waals surface area contributed by atoms with E-state index in [0.29, 0.717) is 18.4 Å². The van der Waals surface area contributed by atoms with Crippen LogP contribution in [-0.2, 0) is 0 Å². The van der Waals surface area contributed by atoms with Crippen molar-refractivity contribution in [2.45, 2.75) is 89.0 Å². The van der Waals surface area contributed by atoms with Gasteiger partial charge in [0.2, 0.25) is 0 Å². The maximum atomic E-state index is 12.9. The van der Waals surface area contributed by atoms with Crippen molar-refractivity contribution in [3.8, 4) is 11.8 Å². The topological polar surface area (TPSA) is 60.7 Å². The lowest BCUT2D eigenvalue weighted by Gasteiger charge is -2.42. The molecule has 1 unspecified atom stereocenters. The first-order chi connectivity index (χ1) is 16.5. The van der Waals surface area contributed by atoms with Crippen LogP contribution in [0.15, 0.2) is 47.1 Å². The Balaban J connectivity index is 1.78. The second-order valence-corrected chi connectivity index (χ2v) is 10.4. The highest BCUT2D eigenvalue weighted by atomic mass is 19.4. The predicted molar refractivity (Wildman–Crippen MR) is 123 cm³/mol. The van der Waals surface area contributed by atoms with Crippen LogP contribution in [0.1, 0.15) is 58.8 Å². The van der Waals surface area contributed by atoms with E-state index in [2.05, 4.69) is 13.5 Å². The number of rotatable bonds is 3. The number of halogens is 6. The van der Waals surface area contributed by atoms with Gasteiger partial charge in [0.15, 0.2) is 0 Å². The molecule has 0 aromatic carbocycles. The summed E-state index contributed by atoms with van der Waals surface area (Å²) in [6.45, 7) is 7.72. The fraction of sp³-hybridized carbons (Fsp3) is 0.630. The van der Waals surface area contributed by atoms with Gasteiger partial charge in [-0.15, -0.1) is 0 Å². The van der Waals surface area contributed by atoms with E-state index in [1.165, 1.54) is 5.57 Å². The van der Waals surface area contributed by atoms with Crippen molar-refractivity contribution in [2.75, 3.05) is 0 Å². The monoisotopic (exact) mass is 518 g/mol. The molecule has 5 atom stereocenters. The minimum absolute atomic E-state index is 0.127. The standard InChI is InChI=1S/C27H32F6O3/c1-16(6-4-13-25(36,26(28,29)30)27(31,32)33)21-10-11-22-18(7-5-12-24(21,22)3)8-9-19-14-20(34)15-23(35)17(19)2/h8-10,16,20,22-23,34-36H,2,5-7,11-12,14-15H2,1,3H3/b18-8+,19-9-/t16-,20+,22?,23+,24-/m1/s1. The van der Waals surface area contributed by atoms with Crippen LogP contribution in [0.25, 0.3) is 0 Å². The van der Waals surface area contributed by atoms with Crippen molar-refractivity contribution >= 4 is 0 Å². The lowest BCUT2D eigenvalue weighted by Crippen LogP contribution is -2.55. The predicted octanol–water partition coefficient (Wildman–Crippen LogP) is 5.93. The number of aliphatic hydroxyl groups excluding tert-OH is 2. The van der Waals surface area contributed by atoms with Crippen molar-refractivity contribution in [1.29, 1.82) is 0 Å². The molecule has 0 spiro atoms. The zero-order valence-corrected chi connectivity index (χ0v) is 20.3. The zero-order valence-electron chi connectivity index (χ0n) is 20.3. The summed E-state index contributed by atoms with van der Waals surface area (Å²) in [6, 6.07) is 0. The van der Waals surface area contributed by atoms with Crippen molar-refractivity contribution in [1.82, 2.24) is 0 Å². The van der Waals surface area contributed by atoms with Gasteiger partial charge in [-0.2, -0.15) is 26.3 Å². The Hall–Kier alpha value is -2.02. The maximum absolute atomic E-state index is 12.9. The smallest absolute Gasteiger partial charge is 0.393 e. The first-order valence-corrected chi connectivity index (χ1v) is 12.0. The van der Waals surface area contributed by atoms with Crippen LogP contribution in [0.3, 0.4) is 0 Å². The third kappa shape index (κ3) is 5.32. The lowest BCUT2D eigenvalue weighted by molar-refractivity contribution is -0.343. The molecule has 0 amide bonds. The molecular weight excluding hydrogens is 486 g/mol. The summed E-state index contributed by atoms with van der Waals surface area (Å²) < 4.78 is 77.4. The lowest BCUT2D eigenvalue weighted by atomic mass is 9.62. The quantitative estimate of drug-likeness (QED) is 0.247. The average molecular weight is 519 g/mol. The van der Waals surface area contributed by atoms with Crippen LogP contribution >= 0.6 is 0 Å². The van der Waals surface area contributed by atoms with Crippen LogP contribution in [0, 0.1) is 29.1 Å². The number of hydrogen-bond donors (Lipinski definition) is 3. The minimum Gasteiger partial charge on any atom is -0.393 e. The SMILES string of the molecule is C=C1/C(=C\C=C2/CCC[C@]3(C)C([C@H](C)CC#CC(O)(C(F)(F)F)C(F)(F)F)=CCC23)C[C@H](O)C[C@@H]1O. The second kappa shape index (κ2) is 10.0. The summed E-state index contributed by atoms with van der Waals surface area (Å²) >= 11 is 0. The van der Waals surface area contributed by atoms with E-state index in [1.54, 1.807) is 6.92 Å². The molecule has 200 valence electrons. The maximum Gasteiger partial charge on any atom is 0.438 e. The Labute approximate surface area is 207 Å². The third-order valence-electron chi connectivity index (χ3n) is 7.90. The molecule has 3 aliphatic rings.